The van der Waals surface area contributed by atoms with E-state index in [4.69, 9.17) is 0 Å². The van der Waals surface area contributed by atoms with Crippen molar-refractivity contribution in [2.45, 2.75) is 13.1 Å². The van der Waals surface area contributed by atoms with Gasteiger partial charge in [0.05, 0.1) is 18.6 Å². The molecule has 2 aromatic heterocycles. The molecule has 19 heavy (non-hydrogen) atoms. The van der Waals surface area contributed by atoms with Crippen molar-refractivity contribution in [3.8, 4) is 0 Å². The van der Waals surface area contributed by atoms with Gasteiger partial charge in [-0.15, -0.1) is 0 Å². The topological polar surface area (TPSA) is 34.8 Å². The molecule has 3 rings (SSSR count). The summed E-state index contributed by atoms with van der Waals surface area (Å²) in [5, 5.41) is 4.47. The van der Waals surface area contributed by atoms with Crippen molar-refractivity contribution in [1.29, 1.82) is 0 Å². The lowest BCUT2D eigenvalue weighted by Gasteiger charge is -2.07. The highest BCUT2D eigenvalue weighted by Crippen LogP contribution is 2.19. The molecule has 98 valence electrons. The van der Waals surface area contributed by atoms with Gasteiger partial charge in [-0.05, 0) is 30.1 Å². The van der Waals surface area contributed by atoms with Gasteiger partial charge in [0.2, 0.25) is 0 Å². The minimum Gasteiger partial charge on any atom is -0.341 e. The highest BCUT2D eigenvalue weighted by Gasteiger charge is 2.05. The van der Waals surface area contributed by atoms with E-state index in [0.29, 0.717) is 0 Å². The Balaban J connectivity index is 1.99. The Labute approximate surface area is 112 Å². The van der Waals surface area contributed by atoms with Crippen LogP contribution in [0.4, 0.5) is 0 Å². The maximum Gasteiger partial charge on any atom is 0.0946 e. The van der Waals surface area contributed by atoms with Crippen LogP contribution >= 0.6 is 0 Å². The fourth-order valence-corrected chi connectivity index (χ4v) is 2.39. The van der Waals surface area contributed by atoms with Gasteiger partial charge in [-0.25, -0.2) is 4.98 Å². The second-order valence-electron chi connectivity index (χ2n) is 4.86. The summed E-state index contributed by atoms with van der Waals surface area (Å²) in [4.78, 5) is 4.17. The standard InChI is InChI=1S/C15H18N4/c1-16-8-12-3-4-13-5-6-19(15(13)7-12)10-14-9-17-11-18(14)2/h3-7,9,11,16H,8,10H2,1-2H3. The van der Waals surface area contributed by atoms with Crippen molar-refractivity contribution in [3.63, 3.8) is 0 Å². The lowest BCUT2D eigenvalue weighted by Crippen LogP contribution is -2.06. The van der Waals surface area contributed by atoms with Gasteiger partial charge in [-0.3, -0.25) is 0 Å². The summed E-state index contributed by atoms with van der Waals surface area (Å²) in [5.41, 5.74) is 3.78. The fourth-order valence-electron chi connectivity index (χ4n) is 2.39. The van der Waals surface area contributed by atoms with Crippen LogP contribution in [0.25, 0.3) is 10.9 Å². The summed E-state index contributed by atoms with van der Waals surface area (Å²) < 4.78 is 4.33. The molecule has 4 heteroatoms. The summed E-state index contributed by atoms with van der Waals surface area (Å²) in [7, 11) is 4.00. The smallest absolute Gasteiger partial charge is 0.0946 e. The van der Waals surface area contributed by atoms with Gasteiger partial charge < -0.3 is 14.5 Å². The van der Waals surface area contributed by atoms with E-state index in [2.05, 4.69) is 49.9 Å². The maximum absolute atomic E-state index is 4.17. The number of aryl methyl sites for hydroxylation is 1. The summed E-state index contributed by atoms with van der Waals surface area (Å²) in [6.45, 7) is 1.75. The summed E-state index contributed by atoms with van der Waals surface area (Å²) >= 11 is 0. The van der Waals surface area contributed by atoms with Crippen LogP contribution < -0.4 is 5.32 Å². The van der Waals surface area contributed by atoms with Gasteiger partial charge in [0, 0.05) is 31.5 Å². The quantitative estimate of drug-likeness (QED) is 0.774. The normalized spacial score (nSPS) is 11.3. The molecule has 0 aliphatic carbocycles. The third kappa shape index (κ3) is 2.27. The minimum absolute atomic E-state index is 0.850. The predicted molar refractivity (Wildman–Crippen MR) is 77.0 cm³/mol. The Bertz CT molecular complexity index is 693. The fraction of sp³-hybridized carbons (Fsp3) is 0.267. The second kappa shape index (κ2) is 4.90. The van der Waals surface area contributed by atoms with Crippen LogP contribution in [0.15, 0.2) is 43.0 Å². The SMILES string of the molecule is CNCc1ccc2ccn(Cc3cncn3C)c2c1. The molecule has 0 aliphatic heterocycles. The average Bonchev–Trinajstić information content (AvgIpc) is 2.98. The van der Waals surface area contributed by atoms with E-state index < -0.39 is 0 Å². The average molecular weight is 254 g/mol. The zero-order valence-electron chi connectivity index (χ0n) is 11.3. The number of rotatable bonds is 4. The molecule has 2 heterocycles. The van der Waals surface area contributed by atoms with E-state index in [1.165, 1.54) is 22.2 Å². The summed E-state index contributed by atoms with van der Waals surface area (Å²) in [6, 6.07) is 8.77. The molecule has 1 aromatic carbocycles. The van der Waals surface area contributed by atoms with Crippen molar-refractivity contribution >= 4 is 10.9 Å². The predicted octanol–water partition coefficient (Wildman–Crippen LogP) is 2.14. The molecule has 0 saturated carbocycles. The maximum atomic E-state index is 4.17. The van der Waals surface area contributed by atoms with Crippen molar-refractivity contribution in [2.24, 2.45) is 7.05 Å². The number of aromatic nitrogens is 3. The number of benzene rings is 1. The van der Waals surface area contributed by atoms with Crippen LogP contribution in [0.2, 0.25) is 0 Å². The molecular weight excluding hydrogens is 236 g/mol. The molecule has 0 radical (unpaired) electrons. The van der Waals surface area contributed by atoms with Crippen molar-refractivity contribution < 1.29 is 0 Å². The van der Waals surface area contributed by atoms with E-state index in [0.717, 1.165) is 13.1 Å². The summed E-state index contributed by atoms with van der Waals surface area (Å²) in [6.07, 6.45) is 5.90. The molecule has 4 nitrogen and oxygen atoms in total. The largest absolute Gasteiger partial charge is 0.341 e. The first-order valence-corrected chi connectivity index (χ1v) is 6.45. The zero-order chi connectivity index (χ0) is 13.2. The Morgan fingerprint density at radius 3 is 2.89 bits per heavy atom. The Morgan fingerprint density at radius 1 is 1.26 bits per heavy atom. The van der Waals surface area contributed by atoms with Gasteiger partial charge in [0.25, 0.3) is 0 Å². The minimum atomic E-state index is 0.850. The van der Waals surface area contributed by atoms with Crippen molar-refractivity contribution in [2.75, 3.05) is 7.05 Å². The monoisotopic (exact) mass is 254 g/mol. The third-order valence-electron chi connectivity index (χ3n) is 3.47. The van der Waals surface area contributed by atoms with Crippen LogP contribution in [-0.2, 0) is 20.1 Å². The van der Waals surface area contributed by atoms with E-state index in [9.17, 15) is 0 Å². The zero-order valence-corrected chi connectivity index (χ0v) is 11.3. The van der Waals surface area contributed by atoms with Crippen LogP contribution in [0, 0.1) is 0 Å². The molecule has 0 spiro atoms. The Morgan fingerprint density at radius 2 is 2.16 bits per heavy atom. The van der Waals surface area contributed by atoms with Gasteiger partial charge >= 0.3 is 0 Å². The van der Waals surface area contributed by atoms with Gasteiger partial charge in [0.1, 0.15) is 0 Å². The number of fused-ring (bicyclic) bond motifs is 1. The highest BCUT2D eigenvalue weighted by atomic mass is 15.1. The van der Waals surface area contributed by atoms with Crippen LogP contribution in [-0.4, -0.2) is 21.2 Å². The Kier molecular flexibility index (Phi) is 3.09. The highest BCUT2D eigenvalue weighted by molar-refractivity contribution is 5.80. The lowest BCUT2D eigenvalue weighted by atomic mass is 10.1. The second-order valence-corrected chi connectivity index (χ2v) is 4.86. The molecule has 0 fully saturated rings. The van der Waals surface area contributed by atoms with E-state index in [-0.39, 0.29) is 0 Å². The van der Waals surface area contributed by atoms with Crippen LogP contribution in [0.1, 0.15) is 11.3 Å². The number of nitrogens with one attached hydrogen (secondary N) is 1. The van der Waals surface area contributed by atoms with Gasteiger partial charge in [0.15, 0.2) is 0 Å². The molecule has 0 amide bonds. The molecular formula is C15H18N4. The molecule has 0 atom stereocenters. The van der Waals surface area contributed by atoms with Crippen LogP contribution in [0.3, 0.4) is 0 Å². The number of imidazole rings is 1. The molecule has 0 bridgehead atoms. The third-order valence-corrected chi connectivity index (χ3v) is 3.47. The molecule has 0 aliphatic rings. The summed E-state index contributed by atoms with van der Waals surface area (Å²) in [5.74, 6) is 0. The first-order valence-electron chi connectivity index (χ1n) is 6.45. The van der Waals surface area contributed by atoms with Crippen molar-refractivity contribution in [3.05, 3.63) is 54.2 Å². The molecule has 3 aromatic rings. The number of nitrogens with zero attached hydrogens (tertiary/aromatic N) is 3. The lowest BCUT2D eigenvalue weighted by molar-refractivity contribution is 0.742. The number of hydrogen-bond acceptors (Lipinski definition) is 2. The van der Waals surface area contributed by atoms with E-state index in [1.54, 1.807) is 0 Å². The molecule has 1 N–H and O–H groups in total. The van der Waals surface area contributed by atoms with E-state index >= 15 is 0 Å². The first kappa shape index (κ1) is 12.0. The molecule has 0 unspecified atom stereocenters. The first-order chi connectivity index (χ1) is 9.28. The van der Waals surface area contributed by atoms with Gasteiger partial charge in [-0.1, -0.05) is 12.1 Å². The van der Waals surface area contributed by atoms with Crippen LogP contribution in [0.5, 0.6) is 0 Å². The van der Waals surface area contributed by atoms with E-state index in [1.807, 2.05) is 26.6 Å². The Hall–Kier alpha value is -2.07. The van der Waals surface area contributed by atoms with Gasteiger partial charge in [-0.2, -0.15) is 0 Å². The van der Waals surface area contributed by atoms with Crippen molar-refractivity contribution in [1.82, 2.24) is 19.4 Å². The molecule has 0 saturated heterocycles. The number of hydrogen-bond donors (Lipinski definition) is 1.